The number of Topliss-reactive ketones (excluding diaryl/α,β-unsaturated/α-hetero) is 1. The van der Waals surface area contributed by atoms with Crippen LogP contribution in [0.25, 0.3) is 0 Å². The molecule has 1 unspecified atom stereocenters. The van der Waals surface area contributed by atoms with Crippen LogP contribution in [0.2, 0.25) is 0 Å². The Kier molecular flexibility index (Phi) is 5.09. The Balaban J connectivity index is 2.59. The second kappa shape index (κ2) is 6.11. The normalized spacial score (nSPS) is 12.5. The molecule has 0 radical (unpaired) electrons. The van der Waals surface area contributed by atoms with Crippen LogP contribution >= 0.6 is 15.9 Å². The largest absolute Gasteiger partial charge is 0.330 e. The maximum absolute atomic E-state index is 13.0. The molecule has 1 aromatic carbocycles. The van der Waals surface area contributed by atoms with Gasteiger partial charge in [-0.25, -0.2) is 4.39 Å². The number of hydrogen-bond donors (Lipinski definition) is 1. The lowest BCUT2D eigenvalue weighted by Gasteiger charge is -2.07. The lowest BCUT2D eigenvalue weighted by molar-refractivity contribution is -0.119. The summed E-state index contributed by atoms with van der Waals surface area (Å²) < 4.78 is 13.3. The van der Waals surface area contributed by atoms with E-state index in [1.807, 2.05) is 6.92 Å². The highest BCUT2D eigenvalue weighted by molar-refractivity contribution is 9.10. The van der Waals surface area contributed by atoms with Gasteiger partial charge in [0.25, 0.3) is 0 Å². The number of carbonyl (C=O) groups excluding carboxylic acids is 1. The molecule has 88 valence electrons. The van der Waals surface area contributed by atoms with Gasteiger partial charge in [0.1, 0.15) is 11.6 Å². The van der Waals surface area contributed by atoms with Gasteiger partial charge in [-0.15, -0.1) is 0 Å². The van der Waals surface area contributed by atoms with Crippen molar-refractivity contribution in [3.05, 3.63) is 34.1 Å². The Morgan fingerprint density at radius 2 is 2.25 bits per heavy atom. The van der Waals surface area contributed by atoms with Gasteiger partial charge in [-0.2, -0.15) is 0 Å². The number of nitrogens with two attached hydrogens (primary N) is 1. The van der Waals surface area contributed by atoms with E-state index < -0.39 is 0 Å². The van der Waals surface area contributed by atoms with Crippen molar-refractivity contribution in [2.45, 2.75) is 19.8 Å². The third-order valence-electron chi connectivity index (χ3n) is 2.36. The molecule has 0 amide bonds. The predicted octanol–water partition coefficient (Wildman–Crippen LogP) is 2.68. The van der Waals surface area contributed by atoms with Gasteiger partial charge >= 0.3 is 0 Å². The molecular weight excluding hydrogens is 273 g/mol. The Labute approximate surface area is 103 Å². The monoisotopic (exact) mass is 287 g/mol. The van der Waals surface area contributed by atoms with Crippen LogP contribution in [-0.4, -0.2) is 12.3 Å². The molecule has 16 heavy (non-hydrogen) atoms. The van der Waals surface area contributed by atoms with Gasteiger partial charge in [-0.05, 0) is 46.1 Å². The quantitative estimate of drug-likeness (QED) is 0.905. The van der Waals surface area contributed by atoms with Crippen molar-refractivity contribution in [2.24, 2.45) is 11.7 Å². The van der Waals surface area contributed by atoms with Crippen molar-refractivity contribution in [3.63, 3.8) is 0 Å². The van der Waals surface area contributed by atoms with Crippen LogP contribution in [0.3, 0.4) is 0 Å². The number of ketones is 1. The summed E-state index contributed by atoms with van der Waals surface area (Å²) in [7, 11) is 0. The second-order valence-electron chi connectivity index (χ2n) is 4.01. The molecule has 0 spiro atoms. The lowest BCUT2D eigenvalue weighted by atomic mass is 10.00. The van der Waals surface area contributed by atoms with E-state index in [4.69, 9.17) is 5.73 Å². The highest BCUT2D eigenvalue weighted by atomic mass is 79.9. The van der Waals surface area contributed by atoms with Crippen molar-refractivity contribution in [1.82, 2.24) is 0 Å². The highest BCUT2D eigenvalue weighted by Crippen LogP contribution is 2.17. The molecule has 0 saturated heterocycles. The van der Waals surface area contributed by atoms with E-state index in [1.54, 1.807) is 12.1 Å². The number of rotatable bonds is 5. The average Bonchev–Trinajstić information content (AvgIpc) is 2.23. The summed E-state index contributed by atoms with van der Waals surface area (Å²) in [5.41, 5.74) is 6.27. The Morgan fingerprint density at radius 1 is 1.56 bits per heavy atom. The standard InChI is InChI=1S/C12H15BrFNO/c1-8(7-15)4-10(16)5-9-2-3-12(14)11(13)6-9/h2-3,6,8H,4-5,7,15H2,1H3. The molecule has 2 N–H and O–H groups in total. The van der Waals surface area contributed by atoms with E-state index in [1.165, 1.54) is 6.07 Å². The van der Waals surface area contributed by atoms with Gasteiger partial charge in [0.05, 0.1) is 4.47 Å². The zero-order chi connectivity index (χ0) is 12.1. The van der Waals surface area contributed by atoms with E-state index in [0.29, 0.717) is 23.9 Å². The number of hydrogen-bond acceptors (Lipinski definition) is 2. The molecule has 0 aromatic heterocycles. The van der Waals surface area contributed by atoms with Gasteiger partial charge in [0.2, 0.25) is 0 Å². The zero-order valence-electron chi connectivity index (χ0n) is 9.17. The van der Waals surface area contributed by atoms with Crippen molar-refractivity contribution < 1.29 is 9.18 Å². The van der Waals surface area contributed by atoms with Gasteiger partial charge in [0, 0.05) is 12.8 Å². The van der Waals surface area contributed by atoms with E-state index in [2.05, 4.69) is 15.9 Å². The van der Waals surface area contributed by atoms with E-state index >= 15 is 0 Å². The first-order valence-corrected chi connectivity index (χ1v) is 5.98. The van der Waals surface area contributed by atoms with E-state index in [9.17, 15) is 9.18 Å². The summed E-state index contributed by atoms with van der Waals surface area (Å²) in [6, 6.07) is 4.63. The van der Waals surface area contributed by atoms with Gasteiger partial charge in [0.15, 0.2) is 0 Å². The average molecular weight is 288 g/mol. The van der Waals surface area contributed by atoms with Gasteiger partial charge in [-0.3, -0.25) is 4.79 Å². The van der Waals surface area contributed by atoms with Gasteiger partial charge in [-0.1, -0.05) is 13.0 Å². The molecule has 1 aromatic rings. The minimum Gasteiger partial charge on any atom is -0.330 e. The zero-order valence-corrected chi connectivity index (χ0v) is 10.8. The molecule has 0 heterocycles. The fourth-order valence-electron chi connectivity index (χ4n) is 1.42. The summed E-state index contributed by atoms with van der Waals surface area (Å²) in [4.78, 5) is 11.6. The van der Waals surface area contributed by atoms with Crippen LogP contribution < -0.4 is 5.73 Å². The SMILES string of the molecule is CC(CN)CC(=O)Cc1ccc(F)c(Br)c1. The third-order valence-corrected chi connectivity index (χ3v) is 2.97. The number of halogens is 2. The molecular formula is C12H15BrFNO. The molecule has 1 rings (SSSR count). The summed E-state index contributed by atoms with van der Waals surface area (Å²) in [6.07, 6.45) is 0.814. The fraction of sp³-hybridized carbons (Fsp3) is 0.417. The minimum absolute atomic E-state index is 0.136. The third kappa shape index (κ3) is 4.02. The molecule has 2 nitrogen and oxygen atoms in total. The smallest absolute Gasteiger partial charge is 0.137 e. The Hall–Kier alpha value is -0.740. The first kappa shape index (κ1) is 13.3. The lowest BCUT2D eigenvalue weighted by Crippen LogP contribution is -2.16. The summed E-state index contributed by atoms with van der Waals surface area (Å²) in [5, 5.41) is 0. The fourth-order valence-corrected chi connectivity index (χ4v) is 1.85. The highest BCUT2D eigenvalue weighted by Gasteiger charge is 2.09. The molecule has 0 aliphatic rings. The molecule has 0 aliphatic carbocycles. The maximum Gasteiger partial charge on any atom is 0.137 e. The molecule has 0 aliphatic heterocycles. The molecule has 0 saturated carbocycles. The second-order valence-corrected chi connectivity index (χ2v) is 4.86. The van der Waals surface area contributed by atoms with Crippen LogP contribution in [0.5, 0.6) is 0 Å². The van der Waals surface area contributed by atoms with Gasteiger partial charge < -0.3 is 5.73 Å². The number of benzene rings is 1. The van der Waals surface area contributed by atoms with Crippen LogP contribution in [0.4, 0.5) is 4.39 Å². The Morgan fingerprint density at radius 3 is 2.81 bits per heavy atom. The van der Waals surface area contributed by atoms with Crippen molar-refractivity contribution in [1.29, 1.82) is 0 Å². The van der Waals surface area contributed by atoms with Crippen molar-refractivity contribution in [3.8, 4) is 0 Å². The summed E-state index contributed by atoms with van der Waals surface area (Å²) in [6.45, 7) is 2.46. The van der Waals surface area contributed by atoms with Crippen LogP contribution in [0, 0.1) is 11.7 Å². The van der Waals surface area contributed by atoms with Crippen molar-refractivity contribution >= 4 is 21.7 Å². The van der Waals surface area contributed by atoms with E-state index in [0.717, 1.165) is 5.56 Å². The number of carbonyl (C=O) groups is 1. The van der Waals surface area contributed by atoms with Crippen molar-refractivity contribution in [2.75, 3.05) is 6.54 Å². The molecule has 4 heteroatoms. The molecule has 0 bridgehead atoms. The molecule has 0 fully saturated rings. The summed E-state index contributed by atoms with van der Waals surface area (Å²) in [5.74, 6) is 0.0272. The topological polar surface area (TPSA) is 43.1 Å². The minimum atomic E-state index is -0.313. The maximum atomic E-state index is 13.0. The van der Waals surface area contributed by atoms with E-state index in [-0.39, 0.29) is 17.5 Å². The van der Waals surface area contributed by atoms with Crippen LogP contribution in [0.1, 0.15) is 18.9 Å². The van der Waals surface area contributed by atoms with Crippen LogP contribution in [-0.2, 0) is 11.2 Å². The predicted molar refractivity (Wildman–Crippen MR) is 65.6 cm³/mol. The molecule has 1 atom stereocenters. The Bertz CT molecular complexity index is 381. The first-order chi connectivity index (χ1) is 7.52. The first-order valence-electron chi connectivity index (χ1n) is 5.18. The summed E-state index contributed by atoms with van der Waals surface area (Å²) >= 11 is 3.09. The van der Waals surface area contributed by atoms with Crippen LogP contribution in [0.15, 0.2) is 22.7 Å².